The largest absolute Gasteiger partial charge is 0.326 e. The minimum absolute atomic E-state index is 0.0868. The summed E-state index contributed by atoms with van der Waals surface area (Å²) in [5.41, 5.74) is 3.81. The summed E-state index contributed by atoms with van der Waals surface area (Å²) in [4.78, 5) is 30.3. The highest BCUT2D eigenvalue weighted by molar-refractivity contribution is 7.15. The lowest BCUT2D eigenvalue weighted by Crippen LogP contribution is -2.09. The molecule has 5 nitrogen and oxygen atoms in total. The molecule has 2 heterocycles. The zero-order valence-electron chi connectivity index (χ0n) is 14.9. The topological polar surface area (TPSA) is 71.1 Å². The SMILES string of the molecule is CC(=O)Nc1ccc(-c2csc(NC(=O)c3cc4c(s3)CCCC4)n2)cc1. The molecule has 0 atom stereocenters. The van der Waals surface area contributed by atoms with E-state index in [9.17, 15) is 9.59 Å². The number of thiophene rings is 1. The molecule has 0 saturated carbocycles. The van der Waals surface area contributed by atoms with Crippen LogP contribution in [0.1, 0.15) is 39.9 Å². The Hall–Kier alpha value is -2.51. The van der Waals surface area contributed by atoms with E-state index in [0.29, 0.717) is 5.13 Å². The van der Waals surface area contributed by atoms with Gasteiger partial charge in [-0.15, -0.1) is 22.7 Å². The van der Waals surface area contributed by atoms with E-state index in [1.165, 1.54) is 41.5 Å². The molecule has 0 bridgehead atoms. The highest BCUT2D eigenvalue weighted by Crippen LogP contribution is 2.31. The van der Waals surface area contributed by atoms with Crippen LogP contribution in [0.2, 0.25) is 0 Å². The summed E-state index contributed by atoms with van der Waals surface area (Å²) in [6.07, 6.45) is 4.59. The molecule has 1 aromatic carbocycles. The molecule has 7 heteroatoms. The third-order valence-corrected chi connectivity index (χ3v) is 6.44. The minimum Gasteiger partial charge on any atom is -0.326 e. The van der Waals surface area contributed by atoms with Crippen molar-refractivity contribution >= 4 is 45.3 Å². The van der Waals surface area contributed by atoms with Crippen LogP contribution in [0.3, 0.4) is 0 Å². The second-order valence-electron chi connectivity index (χ2n) is 6.52. The zero-order chi connectivity index (χ0) is 18.8. The predicted octanol–water partition coefficient (Wildman–Crippen LogP) is 4.96. The van der Waals surface area contributed by atoms with Crippen molar-refractivity contribution in [1.29, 1.82) is 0 Å². The smallest absolute Gasteiger partial charge is 0.267 e. The Kier molecular flexibility index (Phi) is 5.05. The van der Waals surface area contributed by atoms with E-state index in [2.05, 4.69) is 15.6 Å². The number of benzene rings is 1. The van der Waals surface area contributed by atoms with E-state index in [4.69, 9.17) is 0 Å². The number of rotatable bonds is 4. The zero-order valence-corrected chi connectivity index (χ0v) is 16.5. The van der Waals surface area contributed by atoms with Gasteiger partial charge in [-0.2, -0.15) is 0 Å². The van der Waals surface area contributed by atoms with Crippen molar-refractivity contribution < 1.29 is 9.59 Å². The Labute approximate surface area is 165 Å². The summed E-state index contributed by atoms with van der Waals surface area (Å²) in [5, 5.41) is 8.17. The minimum atomic E-state index is -0.100. The second-order valence-corrected chi connectivity index (χ2v) is 8.51. The van der Waals surface area contributed by atoms with Gasteiger partial charge in [-0.3, -0.25) is 14.9 Å². The van der Waals surface area contributed by atoms with Crippen molar-refractivity contribution in [3.8, 4) is 11.3 Å². The molecule has 1 aliphatic carbocycles. The van der Waals surface area contributed by atoms with E-state index in [-0.39, 0.29) is 11.8 Å². The molecule has 1 aliphatic rings. The summed E-state index contributed by atoms with van der Waals surface area (Å²) in [7, 11) is 0. The first-order valence-corrected chi connectivity index (χ1v) is 10.5. The summed E-state index contributed by atoms with van der Waals surface area (Å²) >= 11 is 3.01. The lowest BCUT2D eigenvalue weighted by molar-refractivity contribution is -0.114. The van der Waals surface area contributed by atoms with Crippen molar-refractivity contribution in [2.45, 2.75) is 32.6 Å². The Bertz CT molecular complexity index is 966. The maximum atomic E-state index is 12.6. The van der Waals surface area contributed by atoms with Crippen molar-refractivity contribution in [3.05, 3.63) is 51.0 Å². The first-order chi connectivity index (χ1) is 13.1. The fourth-order valence-electron chi connectivity index (χ4n) is 3.15. The maximum absolute atomic E-state index is 12.6. The Morgan fingerprint density at radius 1 is 1.07 bits per heavy atom. The van der Waals surface area contributed by atoms with Crippen molar-refractivity contribution in [2.24, 2.45) is 0 Å². The number of carbonyl (C=O) groups excluding carboxylic acids is 2. The quantitative estimate of drug-likeness (QED) is 0.653. The molecule has 2 N–H and O–H groups in total. The maximum Gasteiger partial charge on any atom is 0.267 e. The van der Waals surface area contributed by atoms with E-state index in [1.54, 1.807) is 11.3 Å². The first kappa shape index (κ1) is 17.9. The molecule has 0 fully saturated rings. The average molecular weight is 398 g/mol. The van der Waals surface area contributed by atoms with E-state index in [0.717, 1.165) is 34.7 Å². The Balaban J connectivity index is 1.45. The second kappa shape index (κ2) is 7.62. The highest BCUT2D eigenvalue weighted by atomic mass is 32.1. The van der Waals surface area contributed by atoms with E-state index < -0.39 is 0 Å². The number of aromatic nitrogens is 1. The van der Waals surface area contributed by atoms with Crippen molar-refractivity contribution in [1.82, 2.24) is 4.98 Å². The molecule has 0 saturated heterocycles. The predicted molar refractivity (Wildman–Crippen MR) is 111 cm³/mol. The fourth-order valence-corrected chi connectivity index (χ4v) is 5.02. The van der Waals surface area contributed by atoms with Gasteiger partial charge in [0.15, 0.2) is 5.13 Å². The van der Waals surface area contributed by atoms with Gasteiger partial charge in [-0.25, -0.2) is 4.98 Å². The summed E-state index contributed by atoms with van der Waals surface area (Å²) < 4.78 is 0. The molecule has 2 amide bonds. The molecule has 138 valence electrons. The van der Waals surface area contributed by atoms with Gasteiger partial charge in [0.1, 0.15) is 0 Å². The Morgan fingerprint density at radius 3 is 2.59 bits per heavy atom. The molecule has 0 spiro atoms. The molecule has 27 heavy (non-hydrogen) atoms. The molecular formula is C20H19N3O2S2. The lowest BCUT2D eigenvalue weighted by Gasteiger charge is -2.08. The number of nitrogens with one attached hydrogen (secondary N) is 2. The summed E-state index contributed by atoms with van der Waals surface area (Å²) in [6, 6.07) is 9.51. The van der Waals surface area contributed by atoms with Crippen LogP contribution < -0.4 is 10.6 Å². The molecule has 3 aromatic rings. The van der Waals surface area contributed by atoms with Crippen molar-refractivity contribution in [2.75, 3.05) is 10.6 Å². The van der Waals surface area contributed by atoms with Crippen LogP contribution in [-0.2, 0) is 17.6 Å². The van der Waals surface area contributed by atoms with Crippen LogP contribution in [0.4, 0.5) is 10.8 Å². The van der Waals surface area contributed by atoms with Gasteiger partial charge in [0, 0.05) is 28.4 Å². The molecule has 0 aliphatic heterocycles. The van der Waals surface area contributed by atoms with Crippen LogP contribution in [0.15, 0.2) is 35.7 Å². The van der Waals surface area contributed by atoms with E-state index >= 15 is 0 Å². The van der Waals surface area contributed by atoms with Crippen LogP contribution in [0, 0.1) is 0 Å². The van der Waals surface area contributed by atoms with Crippen LogP contribution in [0.25, 0.3) is 11.3 Å². The average Bonchev–Trinajstić information content (AvgIpc) is 3.28. The third-order valence-electron chi connectivity index (χ3n) is 4.45. The van der Waals surface area contributed by atoms with Gasteiger partial charge in [0.25, 0.3) is 5.91 Å². The number of thiazole rings is 1. The number of hydrogen-bond donors (Lipinski definition) is 2. The molecule has 2 aromatic heterocycles. The number of nitrogens with zero attached hydrogens (tertiary/aromatic N) is 1. The first-order valence-electron chi connectivity index (χ1n) is 8.85. The van der Waals surface area contributed by atoms with Gasteiger partial charge in [0.2, 0.25) is 5.91 Å². The number of aryl methyl sites for hydroxylation is 2. The molecular weight excluding hydrogens is 378 g/mol. The van der Waals surface area contributed by atoms with Crippen molar-refractivity contribution in [3.63, 3.8) is 0 Å². The number of hydrogen-bond acceptors (Lipinski definition) is 5. The third kappa shape index (κ3) is 4.09. The molecule has 4 rings (SSSR count). The van der Waals surface area contributed by atoms with Crippen LogP contribution in [-0.4, -0.2) is 16.8 Å². The highest BCUT2D eigenvalue weighted by Gasteiger charge is 2.18. The normalized spacial score (nSPS) is 13.1. The number of carbonyl (C=O) groups is 2. The summed E-state index contributed by atoms with van der Waals surface area (Å²) in [6.45, 7) is 1.48. The molecule has 0 unspecified atom stereocenters. The summed E-state index contributed by atoms with van der Waals surface area (Å²) in [5.74, 6) is -0.187. The lowest BCUT2D eigenvalue weighted by atomic mass is 9.99. The van der Waals surface area contributed by atoms with Gasteiger partial charge < -0.3 is 5.32 Å². The van der Waals surface area contributed by atoms with Gasteiger partial charge in [0.05, 0.1) is 10.6 Å². The van der Waals surface area contributed by atoms with Crippen LogP contribution in [0.5, 0.6) is 0 Å². The number of amides is 2. The number of fused-ring (bicyclic) bond motifs is 1. The fraction of sp³-hybridized carbons (Fsp3) is 0.250. The number of anilines is 2. The van der Waals surface area contributed by atoms with E-state index in [1.807, 2.05) is 35.7 Å². The van der Waals surface area contributed by atoms with Gasteiger partial charge in [-0.05, 0) is 49.4 Å². The van der Waals surface area contributed by atoms with Gasteiger partial charge in [-0.1, -0.05) is 12.1 Å². The van der Waals surface area contributed by atoms with Gasteiger partial charge >= 0.3 is 0 Å². The standard InChI is InChI=1S/C20H19N3O2S2/c1-12(24)21-15-8-6-13(7-9-15)16-11-26-20(22-16)23-19(25)18-10-14-4-2-3-5-17(14)27-18/h6-11H,2-5H2,1H3,(H,21,24)(H,22,23,25). The Morgan fingerprint density at radius 2 is 1.85 bits per heavy atom. The molecule has 0 radical (unpaired) electrons. The monoisotopic (exact) mass is 397 g/mol. The van der Waals surface area contributed by atoms with Crippen LogP contribution >= 0.6 is 22.7 Å².